The second kappa shape index (κ2) is 6.64. The third-order valence-electron chi connectivity index (χ3n) is 3.94. The number of halogens is 3. The summed E-state index contributed by atoms with van der Waals surface area (Å²) in [6, 6.07) is 4.42. The second-order valence-corrected chi connectivity index (χ2v) is 7.37. The molecule has 0 radical (unpaired) electrons. The Balaban J connectivity index is 2.31. The number of carbonyl (C=O) groups is 2. The van der Waals surface area contributed by atoms with E-state index in [-0.39, 0.29) is 10.5 Å². The lowest BCUT2D eigenvalue weighted by atomic mass is 9.96. The van der Waals surface area contributed by atoms with Gasteiger partial charge in [0.1, 0.15) is 0 Å². The van der Waals surface area contributed by atoms with E-state index in [2.05, 4.69) is 4.74 Å². The molecule has 0 aromatic heterocycles. The van der Waals surface area contributed by atoms with Crippen molar-refractivity contribution in [3.63, 3.8) is 0 Å². The average Bonchev–Trinajstić information content (AvgIpc) is 3.01. The molecule has 0 aliphatic carbocycles. The van der Waals surface area contributed by atoms with Crippen molar-refractivity contribution in [2.45, 2.75) is 11.1 Å². The van der Waals surface area contributed by atoms with Crippen LogP contribution in [0.5, 0.6) is 0 Å². The minimum atomic E-state index is -4.83. The van der Waals surface area contributed by atoms with Crippen molar-refractivity contribution in [3.05, 3.63) is 29.8 Å². The predicted molar refractivity (Wildman–Crippen MR) is 77.2 cm³/mol. The summed E-state index contributed by atoms with van der Waals surface area (Å²) < 4.78 is 68.9. The predicted octanol–water partition coefficient (Wildman–Crippen LogP) is 1.36. The largest absolute Gasteiger partial charge is 0.481 e. The molecule has 2 rings (SSSR count). The molecule has 0 amide bonds. The zero-order valence-electron chi connectivity index (χ0n) is 12.9. The van der Waals surface area contributed by atoms with Crippen molar-refractivity contribution in [1.82, 2.24) is 4.31 Å². The maximum absolute atomic E-state index is 13.0. The van der Waals surface area contributed by atoms with Crippen LogP contribution in [-0.2, 0) is 19.6 Å². The molecule has 1 N–H and O–H groups in total. The van der Waals surface area contributed by atoms with Gasteiger partial charge in [0.15, 0.2) is 0 Å². The number of nitrogens with zero attached hydrogens (tertiary/aromatic N) is 1. The van der Waals surface area contributed by atoms with E-state index in [4.69, 9.17) is 5.11 Å². The molecule has 0 unspecified atom stereocenters. The molecule has 1 aromatic carbocycles. The van der Waals surface area contributed by atoms with Gasteiger partial charge in [0, 0.05) is 13.1 Å². The summed E-state index contributed by atoms with van der Waals surface area (Å²) in [5.74, 6) is -6.56. The molecular weight excluding hydrogens is 367 g/mol. The summed E-state index contributed by atoms with van der Waals surface area (Å²) >= 11 is 0. The van der Waals surface area contributed by atoms with Gasteiger partial charge in [-0.05, 0) is 24.3 Å². The van der Waals surface area contributed by atoms with Crippen molar-refractivity contribution in [3.8, 4) is 0 Å². The number of carboxylic acids is 1. The number of sulfonamides is 1. The van der Waals surface area contributed by atoms with E-state index in [0.29, 0.717) is 4.31 Å². The van der Waals surface area contributed by atoms with E-state index in [1.807, 2.05) is 0 Å². The van der Waals surface area contributed by atoms with Gasteiger partial charge in [0.05, 0.1) is 29.4 Å². The molecule has 25 heavy (non-hydrogen) atoms. The average molecular weight is 381 g/mol. The molecule has 11 heteroatoms. The molecule has 1 aliphatic rings. The summed E-state index contributed by atoms with van der Waals surface area (Å²) in [6.45, 7) is -1.75. The van der Waals surface area contributed by atoms with Crippen LogP contribution in [0.1, 0.15) is 10.4 Å². The summed E-state index contributed by atoms with van der Waals surface area (Å²) in [5.41, 5.74) is 0.0689. The van der Waals surface area contributed by atoms with Crippen LogP contribution in [0.25, 0.3) is 0 Å². The Hall–Kier alpha value is -2.14. The summed E-state index contributed by atoms with van der Waals surface area (Å²) in [7, 11) is -3.19. The lowest BCUT2D eigenvalue weighted by Gasteiger charge is -2.18. The molecule has 2 atom stereocenters. The Bertz CT molecular complexity index is 775. The fourth-order valence-corrected chi connectivity index (χ4v) is 4.07. The zero-order chi connectivity index (χ0) is 19.0. The molecule has 1 aliphatic heterocycles. The number of methoxy groups -OCH3 is 1. The van der Waals surface area contributed by atoms with E-state index in [1.54, 1.807) is 0 Å². The minimum Gasteiger partial charge on any atom is -0.481 e. The molecule has 138 valence electrons. The number of aliphatic carboxylic acids is 1. The highest BCUT2D eigenvalue weighted by atomic mass is 32.2. The first-order chi connectivity index (χ1) is 11.5. The lowest BCUT2D eigenvalue weighted by molar-refractivity contribution is -0.187. The van der Waals surface area contributed by atoms with Crippen molar-refractivity contribution in [2.75, 3.05) is 20.2 Å². The number of hydrogen-bond donors (Lipinski definition) is 1. The fraction of sp³-hybridized carbons (Fsp3) is 0.429. The molecule has 0 bridgehead atoms. The number of ether oxygens (including phenoxy) is 1. The van der Waals surface area contributed by atoms with Crippen molar-refractivity contribution in [2.24, 2.45) is 11.8 Å². The quantitative estimate of drug-likeness (QED) is 0.791. The van der Waals surface area contributed by atoms with E-state index in [1.165, 1.54) is 0 Å². The van der Waals surface area contributed by atoms with Gasteiger partial charge in [0.2, 0.25) is 10.0 Å². The highest BCUT2D eigenvalue weighted by Gasteiger charge is 2.54. The van der Waals surface area contributed by atoms with Crippen LogP contribution in [0.3, 0.4) is 0 Å². The van der Waals surface area contributed by atoms with Gasteiger partial charge in [-0.15, -0.1) is 0 Å². The van der Waals surface area contributed by atoms with Gasteiger partial charge in [-0.2, -0.15) is 17.5 Å². The number of hydrogen-bond acceptors (Lipinski definition) is 5. The first-order valence-electron chi connectivity index (χ1n) is 6.96. The van der Waals surface area contributed by atoms with Gasteiger partial charge in [-0.3, -0.25) is 4.79 Å². The van der Waals surface area contributed by atoms with Crippen LogP contribution in [0.15, 0.2) is 29.2 Å². The SMILES string of the molecule is COC(=O)c1ccc(S(=O)(=O)N2C[C@@H](C(F)(F)F)[C@H](C(=O)O)C2)cc1. The molecular formula is C14H14F3NO6S. The number of alkyl halides is 3. The molecule has 1 fully saturated rings. The summed E-state index contributed by atoms with van der Waals surface area (Å²) in [4.78, 5) is 22.0. The summed E-state index contributed by atoms with van der Waals surface area (Å²) in [5, 5.41) is 8.95. The highest BCUT2D eigenvalue weighted by molar-refractivity contribution is 7.89. The fourth-order valence-electron chi connectivity index (χ4n) is 2.58. The van der Waals surface area contributed by atoms with Gasteiger partial charge in [-0.1, -0.05) is 0 Å². The number of esters is 1. The van der Waals surface area contributed by atoms with Crippen LogP contribution < -0.4 is 0 Å². The molecule has 1 heterocycles. The van der Waals surface area contributed by atoms with E-state index in [9.17, 15) is 31.2 Å². The van der Waals surface area contributed by atoms with Gasteiger partial charge >= 0.3 is 18.1 Å². The lowest BCUT2D eigenvalue weighted by Crippen LogP contribution is -2.34. The van der Waals surface area contributed by atoms with Crippen molar-refractivity contribution < 1.29 is 41.0 Å². The van der Waals surface area contributed by atoms with Gasteiger partial charge in [0.25, 0.3) is 0 Å². The molecule has 0 spiro atoms. The maximum Gasteiger partial charge on any atom is 0.393 e. The van der Waals surface area contributed by atoms with Crippen LogP contribution >= 0.6 is 0 Å². The number of carbonyl (C=O) groups excluding carboxylic acids is 1. The Morgan fingerprint density at radius 1 is 1.20 bits per heavy atom. The monoisotopic (exact) mass is 381 g/mol. The second-order valence-electron chi connectivity index (χ2n) is 5.43. The third kappa shape index (κ3) is 3.76. The topological polar surface area (TPSA) is 101 Å². The smallest absolute Gasteiger partial charge is 0.393 e. The van der Waals surface area contributed by atoms with Gasteiger partial charge < -0.3 is 9.84 Å². The molecule has 0 saturated carbocycles. The molecule has 1 aromatic rings. The first-order valence-corrected chi connectivity index (χ1v) is 8.40. The normalized spacial score (nSPS) is 21.9. The number of carboxylic acid groups (broad SMARTS) is 1. The van der Waals surface area contributed by atoms with Crippen LogP contribution in [-0.4, -0.2) is 56.1 Å². The summed E-state index contributed by atoms with van der Waals surface area (Å²) in [6.07, 6.45) is -4.83. The Morgan fingerprint density at radius 2 is 1.76 bits per heavy atom. The maximum atomic E-state index is 13.0. The zero-order valence-corrected chi connectivity index (χ0v) is 13.7. The van der Waals surface area contributed by atoms with Crippen molar-refractivity contribution >= 4 is 22.0 Å². The van der Waals surface area contributed by atoms with Crippen LogP contribution in [0, 0.1) is 11.8 Å². The number of rotatable bonds is 4. The van der Waals surface area contributed by atoms with Crippen molar-refractivity contribution in [1.29, 1.82) is 0 Å². The third-order valence-corrected chi connectivity index (χ3v) is 5.78. The van der Waals surface area contributed by atoms with E-state index < -0.39 is 53.1 Å². The van der Waals surface area contributed by atoms with E-state index >= 15 is 0 Å². The van der Waals surface area contributed by atoms with E-state index in [0.717, 1.165) is 31.4 Å². The Labute approximate surface area is 141 Å². The Kier molecular flexibility index (Phi) is 5.09. The first kappa shape index (κ1) is 19.2. The van der Waals surface area contributed by atoms with Gasteiger partial charge in [-0.25, -0.2) is 13.2 Å². The highest BCUT2D eigenvalue weighted by Crippen LogP contribution is 2.39. The Morgan fingerprint density at radius 3 is 2.16 bits per heavy atom. The number of benzene rings is 1. The van der Waals surface area contributed by atoms with Crippen LogP contribution in [0.4, 0.5) is 13.2 Å². The standard InChI is InChI=1S/C14H14F3NO6S/c1-24-13(21)8-2-4-9(5-3-8)25(22,23)18-6-10(12(19)20)11(7-18)14(15,16)17/h2-5,10-11H,6-7H2,1H3,(H,19,20)/t10-,11-/m1/s1. The molecule has 1 saturated heterocycles. The minimum absolute atomic E-state index is 0.0689. The van der Waals surface area contributed by atoms with Crippen LogP contribution in [0.2, 0.25) is 0 Å². The molecule has 7 nitrogen and oxygen atoms in total.